The number of aromatic nitrogens is 1. The quantitative estimate of drug-likeness (QED) is 0.898. The molecule has 0 aliphatic heterocycles. The van der Waals surface area contributed by atoms with Crippen molar-refractivity contribution in [2.24, 2.45) is 0 Å². The van der Waals surface area contributed by atoms with Crippen molar-refractivity contribution in [3.63, 3.8) is 0 Å². The SMILES string of the molecule is CCOc1ccccc1-n1c(C)cc(CO)c1C. The van der Waals surface area contributed by atoms with Crippen LogP contribution in [0.2, 0.25) is 0 Å². The van der Waals surface area contributed by atoms with Crippen molar-refractivity contribution < 1.29 is 9.84 Å². The van der Waals surface area contributed by atoms with Crippen LogP contribution in [-0.2, 0) is 6.61 Å². The molecular formula is C15H19NO2. The average Bonchev–Trinajstić information content (AvgIpc) is 2.66. The minimum atomic E-state index is 0.0659. The van der Waals surface area contributed by atoms with Crippen LogP contribution in [0.25, 0.3) is 5.69 Å². The molecule has 2 rings (SSSR count). The van der Waals surface area contributed by atoms with E-state index in [2.05, 4.69) is 4.57 Å². The van der Waals surface area contributed by atoms with Gasteiger partial charge in [-0.15, -0.1) is 0 Å². The molecule has 0 atom stereocenters. The molecule has 1 heterocycles. The predicted octanol–water partition coefficient (Wildman–Crippen LogP) is 2.99. The maximum atomic E-state index is 9.33. The van der Waals surface area contributed by atoms with Gasteiger partial charge in [0.15, 0.2) is 0 Å². The Kier molecular flexibility index (Phi) is 3.72. The Morgan fingerprint density at radius 1 is 1.22 bits per heavy atom. The van der Waals surface area contributed by atoms with Gasteiger partial charge in [-0.05, 0) is 44.5 Å². The number of ether oxygens (including phenoxy) is 1. The number of hydrogen-bond acceptors (Lipinski definition) is 2. The summed E-state index contributed by atoms with van der Waals surface area (Å²) in [7, 11) is 0. The second kappa shape index (κ2) is 5.27. The van der Waals surface area contributed by atoms with Crippen LogP contribution >= 0.6 is 0 Å². The molecule has 1 N–H and O–H groups in total. The van der Waals surface area contributed by atoms with Crippen LogP contribution in [0.1, 0.15) is 23.9 Å². The van der Waals surface area contributed by atoms with E-state index in [1.807, 2.05) is 51.1 Å². The number of aliphatic hydroxyl groups excluding tert-OH is 1. The van der Waals surface area contributed by atoms with Gasteiger partial charge in [0.25, 0.3) is 0 Å². The number of para-hydroxylation sites is 2. The fraction of sp³-hybridized carbons (Fsp3) is 0.333. The van der Waals surface area contributed by atoms with Gasteiger partial charge in [0, 0.05) is 11.4 Å². The molecule has 18 heavy (non-hydrogen) atoms. The highest BCUT2D eigenvalue weighted by Crippen LogP contribution is 2.28. The van der Waals surface area contributed by atoms with Crippen LogP contribution in [0.5, 0.6) is 5.75 Å². The molecule has 1 aromatic carbocycles. The Labute approximate surface area is 108 Å². The molecule has 96 valence electrons. The average molecular weight is 245 g/mol. The van der Waals surface area contributed by atoms with Crippen molar-refractivity contribution in [2.75, 3.05) is 6.61 Å². The third-order valence-electron chi connectivity index (χ3n) is 3.11. The molecule has 0 aliphatic rings. The van der Waals surface area contributed by atoms with Crippen molar-refractivity contribution in [1.82, 2.24) is 4.57 Å². The molecule has 0 fully saturated rings. The van der Waals surface area contributed by atoms with Crippen LogP contribution in [0.15, 0.2) is 30.3 Å². The molecule has 2 aromatic rings. The Balaban J connectivity index is 2.58. The molecule has 0 unspecified atom stereocenters. The van der Waals surface area contributed by atoms with E-state index in [0.29, 0.717) is 6.61 Å². The molecule has 0 spiro atoms. The summed E-state index contributed by atoms with van der Waals surface area (Å²) < 4.78 is 7.78. The van der Waals surface area contributed by atoms with E-state index in [1.54, 1.807) is 0 Å². The Morgan fingerprint density at radius 3 is 2.56 bits per heavy atom. The van der Waals surface area contributed by atoms with Crippen molar-refractivity contribution >= 4 is 0 Å². The van der Waals surface area contributed by atoms with Crippen molar-refractivity contribution in [1.29, 1.82) is 0 Å². The lowest BCUT2D eigenvalue weighted by molar-refractivity contribution is 0.281. The molecule has 3 nitrogen and oxygen atoms in total. The smallest absolute Gasteiger partial charge is 0.143 e. The van der Waals surface area contributed by atoms with Gasteiger partial charge in [-0.3, -0.25) is 0 Å². The standard InChI is InChI=1S/C15H19NO2/c1-4-18-15-8-6-5-7-14(15)16-11(2)9-13(10-17)12(16)3/h5-9,17H,4,10H2,1-3H3. The summed E-state index contributed by atoms with van der Waals surface area (Å²) in [4.78, 5) is 0. The third kappa shape index (κ3) is 2.14. The molecule has 0 saturated carbocycles. The third-order valence-corrected chi connectivity index (χ3v) is 3.11. The summed E-state index contributed by atoms with van der Waals surface area (Å²) >= 11 is 0. The number of nitrogens with zero attached hydrogens (tertiary/aromatic N) is 1. The van der Waals surface area contributed by atoms with Crippen molar-refractivity contribution in [3.8, 4) is 11.4 Å². The van der Waals surface area contributed by atoms with Gasteiger partial charge in [0.2, 0.25) is 0 Å². The first-order valence-electron chi connectivity index (χ1n) is 6.20. The van der Waals surface area contributed by atoms with Crippen LogP contribution in [0, 0.1) is 13.8 Å². The number of aryl methyl sites for hydroxylation is 1. The number of rotatable bonds is 4. The first kappa shape index (κ1) is 12.7. The fourth-order valence-electron chi connectivity index (χ4n) is 2.28. The summed E-state index contributed by atoms with van der Waals surface area (Å²) in [5.41, 5.74) is 4.14. The zero-order chi connectivity index (χ0) is 13.1. The molecule has 0 amide bonds. The Morgan fingerprint density at radius 2 is 1.94 bits per heavy atom. The van der Waals surface area contributed by atoms with Crippen LogP contribution in [0.3, 0.4) is 0 Å². The topological polar surface area (TPSA) is 34.4 Å². The largest absolute Gasteiger partial charge is 0.492 e. The zero-order valence-corrected chi connectivity index (χ0v) is 11.1. The summed E-state index contributed by atoms with van der Waals surface area (Å²) in [5, 5.41) is 9.33. The predicted molar refractivity (Wildman–Crippen MR) is 72.3 cm³/mol. The number of benzene rings is 1. The molecule has 0 aliphatic carbocycles. The summed E-state index contributed by atoms with van der Waals surface area (Å²) in [6, 6.07) is 9.98. The first-order chi connectivity index (χ1) is 8.69. The monoisotopic (exact) mass is 245 g/mol. The van der Waals surface area contributed by atoms with Crippen LogP contribution in [0.4, 0.5) is 0 Å². The second-order valence-electron chi connectivity index (χ2n) is 4.29. The van der Waals surface area contributed by atoms with Gasteiger partial charge in [0.05, 0.1) is 18.9 Å². The van der Waals surface area contributed by atoms with Gasteiger partial charge in [-0.25, -0.2) is 0 Å². The lowest BCUT2D eigenvalue weighted by atomic mass is 10.2. The van der Waals surface area contributed by atoms with Gasteiger partial charge < -0.3 is 14.4 Å². The van der Waals surface area contributed by atoms with E-state index in [0.717, 1.165) is 28.4 Å². The highest BCUT2D eigenvalue weighted by Gasteiger charge is 2.13. The zero-order valence-electron chi connectivity index (χ0n) is 11.1. The van der Waals surface area contributed by atoms with Gasteiger partial charge >= 0.3 is 0 Å². The molecule has 0 saturated heterocycles. The lowest BCUT2D eigenvalue weighted by Crippen LogP contribution is -2.03. The normalized spacial score (nSPS) is 10.7. The minimum Gasteiger partial charge on any atom is -0.492 e. The maximum Gasteiger partial charge on any atom is 0.143 e. The van der Waals surface area contributed by atoms with Crippen LogP contribution in [-0.4, -0.2) is 16.3 Å². The Bertz CT molecular complexity index is 543. The second-order valence-corrected chi connectivity index (χ2v) is 4.29. The van der Waals surface area contributed by atoms with Crippen molar-refractivity contribution in [3.05, 3.63) is 47.3 Å². The van der Waals surface area contributed by atoms with Crippen molar-refractivity contribution in [2.45, 2.75) is 27.4 Å². The number of aliphatic hydroxyl groups is 1. The highest BCUT2D eigenvalue weighted by molar-refractivity contribution is 5.50. The van der Waals surface area contributed by atoms with E-state index < -0.39 is 0 Å². The van der Waals surface area contributed by atoms with E-state index in [1.165, 1.54) is 0 Å². The van der Waals surface area contributed by atoms with Crippen LogP contribution < -0.4 is 4.74 Å². The number of hydrogen-bond donors (Lipinski definition) is 1. The van der Waals surface area contributed by atoms with E-state index >= 15 is 0 Å². The first-order valence-corrected chi connectivity index (χ1v) is 6.20. The molecule has 0 radical (unpaired) electrons. The minimum absolute atomic E-state index is 0.0659. The highest BCUT2D eigenvalue weighted by atomic mass is 16.5. The van der Waals surface area contributed by atoms with Gasteiger partial charge in [-0.1, -0.05) is 12.1 Å². The summed E-state index contributed by atoms with van der Waals surface area (Å²) in [5.74, 6) is 0.867. The maximum absolute atomic E-state index is 9.33. The Hall–Kier alpha value is -1.74. The molecule has 0 bridgehead atoms. The summed E-state index contributed by atoms with van der Waals surface area (Å²) in [6.07, 6.45) is 0. The molecule has 3 heteroatoms. The van der Waals surface area contributed by atoms with E-state index in [-0.39, 0.29) is 6.61 Å². The summed E-state index contributed by atoms with van der Waals surface area (Å²) in [6.45, 7) is 6.74. The van der Waals surface area contributed by atoms with E-state index in [4.69, 9.17) is 4.74 Å². The van der Waals surface area contributed by atoms with Gasteiger partial charge in [-0.2, -0.15) is 0 Å². The van der Waals surface area contributed by atoms with E-state index in [9.17, 15) is 5.11 Å². The molecule has 1 aromatic heterocycles. The fourth-order valence-corrected chi connectivity index (χ4v) is 2.28. The molecular weight excluding hydrogens is 226 g/mol. The van der Waals surface area contributed by atoms with Gasteiger partial charge in [0.1, 0.15) is 5.75 Å². The lowest BCUT2D eigenvalue weighted by Gasteiger charge is -2.14.